The molecule has 0 aliphatic rings. The Morgan fingerprint density at radius 2 is 1.66 bits per heavy atom. The molecule has 154 valence electrons. The van der Waals surface area contributed by atoms with Crippen LogP contribution in [0.15, 0.2) is 30.3 Å². The predicted molar refractivity (Wildman–Crippen MR) is 103 cm³/mol. The van der Waals surface area contributed by atoms with Crippen molar-refractivity contribution in [3.8, 4) is 17.2 Å². The summed E-state index contributed by atoms with van der Waals surface area (Å²) in [5.74, 6) is -0.707. The number of halogens is 1. The van der Waals surface area contributed by atoms with Crippen LogP contribution in [0.4, 0.5) is 11.4 Å². The van der Waals surface area contributed by atoms with Gasteiger partial charge < -0.3 is 24.3 Å². The van der Waals surface area contributed by atoms with Crippen molar-refractivity contribution in [3.63, 3.8) is 0 Å². The molecule has 1 amide bonds. The summed E-state index contributed by atoms with van der Waals surface area (Å²) in [6.45, 7) is -0.621. The summed E-state index contributed by atoms with van der Waals surface area (Å²) >= 11 is 5.91. The molecule has 2 aromatic carbocycles. The lowest BCUT2D eigenvalue weighted by Crippen LogP contribution is -2.21. The van der Waals surface area contributed by atoms with E-state index in [1.165, 1.54) is 45.6 Å². The molecule has 0 saturated heterocycles. The summed E-state index contributed by atoms with van der Waals surface area (Å²) in [5, 5.41) is 13.1. The van der Waals surface area contributed by atoms with E-state index in [4.69, 9.17) is 30.5 Å². The molecule has 1 N–H and O–H groups in total. The van der Waals surface area contributed by atoms with Gasteiger partial charge in [0, 0.05) is 24.3 Å². The fourth-order valence-electron chi connectivity index (χ4n) is 2.30. The number of hydrogen-bond acceptors (Lipinski definition) is 8. The summed E-state index contributed by atoms with van der Waals surface area (Å²) in [6, 6.07) is 6.37. The number of carbonyl (C=O) groups is 2. The van der Waals surface area contributed by atoms with E-state index in [0.29, 0.717) is 5.75 Å². The van der Waals surface area contributed by atoms with Crippen molar-refractivity contribution >= 4 is 34.9 Å². The number of amides is 1. The lowest BCUT2D eigenvalue weighted by Gasteiger charge is -2.13. The van der Waals surface area contributed by atoms with Crippen LogP contribution in [0, 0.1) is 10.1 Å². The molecular weight excluding hydrogens is 408 g/mol. The number of carbonyl (C=O) groups excluding carboxylic acids is 2. The Morgan fingerprint density at radius 3 is 2.21 bits per heavy atom. The molecule has 29 heavy (non-hydrogen) atoms. The van der Waals surface area contributed by atoms with Gasteiger partial charge in [0.1, 0.15) is 11.3 Å². The third-order valence-corrected chi connectivity index (χ3v) is 4.01. The highest BCUT2D eigenvalue weighted by molar-refractivity contribution is 6.34. The van der Waals surface area contributed by atoms with E-state index in [9.17, 15) is 19.7 Å². The average Bonchev–Trinajstić information content (AvgIpc) is 2.72. The van der Waals surface area contributed by atoms with Crippen molar-refractivity contribution < 1.29 is 33.5 Å². The van der Waals surface area contributed by atoms with Crippen molar-refractivity contribution in [2.24, 2.45) is 0 Å². The van der Waals surface area contributed by atoms with E-state index in [-0.39, 0.29) is 33.5 Å². The number of hydrogen-bond donors (Lipinski definition) is 1. The quantitative estimate of drug-likeness (QED) is 0.389. The number of rotatable bonds is 8. The molecule has 0 fully saturated rings. The van der Waals surface area contributed by atoms with Crippen LogP contribution in [-0.2, 0) is 9.53 Å². The molecular formula is C18H17ClN2O8. The molecule has 0 aromatic heterocycles. The highest BCUT2D eigenvalue weighted by Crippen LogP contribution is 2.35. The lowest BCUT2D eigenvalue weighted by atomic mass is 10.1. The number of nitrogens with one attached hydrogen (secondary N) is 1. The molecule has 0 bridgehead atoms. The molecule has 11 heteroatoms. The van der Waals surface area contributed by atoms with Gasteiger partial charge in [-0.05, 0) is 6.07 Å². The van der Waals surface area contributed by atoms with Crippen LogP contribution in [0.1, 0.15) is 10.4 Å². The maximum absolute atomic E-state index is 12.4. The molecule has 0 heterocycles. The number of benzene rings is 2. The van der Waals surface area contributed by atoms with Crippen LogP contribution in [0.2, 0.25) is 5.02 Å². The predicted octanol–water partition coefficient (Wildman–Crippen LogP) is 3.07. The zero-order chi connectivity index (χ0) is 21.6. The summed E-state index contributed by atoms with van der Waals surface area (Å²) in [7, 11) is 4.20. The first-order chi connectivity index (χ1) is 13.8. The van der Waals surface area contributed by atoms with Crippen molar-refractivity contribution in [2.45, 2.75) is 0 Å². The van der Waals surface area contributed by atoms with E-state index < -0.39 is 23.4 Å². The van der Waals surface area contributed by atoms with Crippen LogP contribution in [-0.4, -0.2) is 44.7 Å². The van der Waals surface area contributed by atoms with Crippen LogP contribution >= 0.6 is 11.6 Å². The van der Waals surface area contributed by atoms with Gasteiger partial charge >= 0.3 is 5.97 Å². The van der Waals surface area contributed by atoms with Gasteiger partial charge in [-0.3, -0.25) is 14.9 Å². The Morgan fingerprint density at radius 1 is 1.03 bits per heavy atom. The number of nitrogens with zero attached hydrogens (tertiary/aromatic N) is 1. The van der Waals surface area contributed by atoms with Crippen molar-refractivity contribution in [3.05, 3.63) is 51.0 Å². The molecule has 10 nitrogen and oxygen atoms in total. The number of ether oxygens (including phenoxy) is 4. The third-order valence-electron chi connectivity index (χ3n) is 3.70. The maximum atomic E-state index is 12.4. The Kier molecular flexibility index (Phi) is 7.21. The highest BCUT2D eigenvalue weighted by Gasteiger charge is 2.20. The van der Waals surface area contributed by atoms with Crippen molar-refractivity contribution in [1.29, 1.82) is 0 Å². The van der Waals surface area contributed by atoms with Crippen LogP contribution < -0.4 is 19.5 Å². The van der Waals surface area contributed by atoms with Gasteiger partial charge in [0.2, 0.25) is 0 Å². The minimum absolute atomic E-state index is 0.0274. The standard InChI is InChI=1S/C18H17ClN2O8/c1-26-14-8-16(28-3)15(27-2)7-11(14)18(23)29-9-17(22)20-13-5-4-10(21(24)25)6-12(13)19/h4-8H,9H2,1-3H3,(H,20,22). The number of esters is 1. The van der Waals surface area contributed by atoms with Crippen LogP contribution in [0.3, 0.4) is 0 Å². The molecule has 0 aliphatic carbocycles. The van der Waals surface area contributed by atoms with Crippen molar-refractivity contribution in [2.75, 3.05) is 33.3 Å². The van der Waals surface area contributed by atoms with E-state index in [1.807, 2.05) is 0 Å². The first-order valence-corrected chi connectivity index (χ1v) is 8.39. The van der Waals surface area contributed by atoms with Gasteiger partial charge in [0.05, 0.1) is 37.0 Å². The fourth-order valence-corrected chi connectivity index (χ4v) is 2.52. The molecule has 0 saturated carbocycles. The lowest BCUT2D eigenvalue weighted by molar-refractivity contribution is -0.384. The minimum atomic E-state index is -0.826. The number of nitro benzene ring substituents is 1. The van der Waals surface area contributed by atoms with Gasteiger partial charge in [-0.1, -0.05) is 11.6 Å². The monoisotopic (exact) mass is 424 g/mol. The molecule has 0 atom stereocenters. The maximum Gasteiger partial charge on any atom is 0.342 e. The van der Waals surface area contributed by atoms with Crippen LogP contribution in [0.5, 0.6) is 17.2 Å². The largest absolute Gasteiger partial charge is 0.496 e. The SMILES string of the molecule is COc1cc(OC)c(C(=O)OCC(=O)Nc2ccc([N+](=O)[O-])cc2Cl)cc1OC. The summed E-state index contributed by atoms with van der Waals surface area (Å²) in [5.41, 5.74) is -0.0479. The van der Waals surface area contributed by atoms with Gasteiger partial charge in [-0.2, -0.15) is 0 Å². The molecule has 0 spiro atoms. The topological polar surface area (TPSA) is 126 Å². The second-order valence-corrected chi connectivity index (χ2v) is 5.86. The minimum Gasteiger partial charge on any atom is -0.496 e. The van der Waals surface area contributed by atoms with Crippen molar-refractivity contribution in [1.82, 2.24) is 0 Å². The molecule has 2 rings (SSSR count). The second kappa shape index (κ2) is 9.60. The molecule has 0 aliphatic heterocycles. The Balaban J connectivity index is 2.07. The highest BCUT2D eigenvalue weighted by atomic mass is 35.5. The number of anilines is 1. The van der Waals surface area contributed by atoms with Crippen LogP contribution in [0.25, 0.3) is 0 Å². The first kappa shape index (κ1) is 21.8. The van der Waals surface area contributed by atoms with E-state index in [0.717, 1.165) is 6.07 Å². The smallest absolute Gasteiger partial charge is 0.342 e. The number of nitro groups is 1. The zero-order valence-electron chi connectivity index (χ0n) is 15.7. The first-order valence-electron chi connectivity index (χ1n) is 8.01. The van der Waals surface area contributed by atoms with Gasteiger partial charge in [0.15, 0.2) is 18.1 Å². The Bertz CT molecular complexity index is 948. The Labute approximate surface area is 170 Å². The van der Waals surface area contributed by atoms with Gasteiger partial charge in [-0.25, -0.2) is 4.79 Å². The molecule has 0 radical (unpaired) electrons. The van der Waals surface area contributed by atoms with E-state index in [2.05, 4.69) is 5.32 Å². The second-order valence-electron chi connectivity index (χ2n) is 5.45. The number of non-ortho nitro benzene ring substituents is 1. The molecule has 2 aromatic rings. The fraction of sp³-hybridized carbons (Fsp3) is 0.222. The number of methoxy groups -OCH3 is 3. The summed E-state index contributed by atoms with van der Waals surface area (Å²) < 4.78 is 20.4. The molecule has 0 unspecified atom stereocenters. The average molecular weight is 425 g/mol. The third kappa shape index (κ3) is 5.26. The van der Waals surface area contributed by atoms with Gasteiger partial charge in [-0.15, -0.1) is 0 Å². The van der Waals surface area contributed by atoms with E-state index in [1.54, 1.807) is 0 Å². The summed E-state index contributed by atoms with van der Waals surface area (Å²) in [4.78, 5) is 34.5. The van der Waals surface area contributed by atoms with Gasteiger partial charge in [0.25, 0.3) is 11.6 Å². The normalized spacial score (nSPS) is 10.1. The Hall–Kier alpha value is -3.53. The summed E-state index contributed by atoms with van der Waals surface area (Å²) in [6.07, 6.45) is 0. The zero-order valence-corrected chi connectivity index (χ0v) is 16.4. The van der Waals surface area contributed by atoms with E-state index >= 15 is 0 Å².